The van der Waals surface area contributed by atoms with Gasteiger partial charge in [0.2, 0.25) is 0 Å². The van der Waals surface area contributed by atoms with Gasteiger partial charge < -0.3 is 10.2 Å². The summed E-state index contributed by atoms with van der Waals surface area (Å²) in [5.41, 5.74) is 1.28. The zero-order valence-corrected chi connectivity index (χ0v) is 16.9. The van der Waals surface area contributed by atoms with Gasteiger partial charge in [-0.15, -0.1) is 0 Å². The molecule has 0 aliphatic rings. The molecule has 3 rings (SSSR count). The van der Waals surface area contributed by atoms with Gasteiger partial charge in [0.1, 0.15) is 17.3 Å². The van der Waals surface area contributed by atoms with Gasteiger partial charge >= 0.3 is 0 Å². The molecule has 0 fully saturated rings. The van der Waals surface area contributed by atoms with E-state index in [2.05, 4.69) is 10.4 Å². The summed E-state index contributed by atoms with van der Waals surface area (Å²) in [5, 5.41) is 6.87. The maximum atomic E-state index is 14.2. The third-order valence-electron chi connectivity index (χ3n) is 4.70. The lowest BCUT2D eigenvalue weighted by Gasteiger charge is -2.18. The molecule has 0 bridgehead atoms. The Balaban J connectivity index is 1.83. The Labute approximate surface area is 173 Å². The van der Waals surface area contributed by atoms with Gasteiger partial charge in [0.25, 0.3) is 11.8 Å². The first-order valence-corrected chi connectivity index (χ1v) is 9.53. The summed E-state index contributed by atoms with van der Waals surface area (Å²) in [4.78, 5) is 26.9. The van der Waals surface area contributed by atoms with Crippen LogP contribution in [0.15, 0.2) is 48.7 Å². The summed E-state index contributed by atoms with van der Waals surface area (Å²) < 4.78 is 28.8. The molecule has 1 aromatic heterocycles. The summed E-state index contributed by atoms with van der Waals surface area (Å²) in [6.45, 7) is 5.03. The molecule has 3 aromatic rings. The van der Waals surface area contributed by atoms with Crippen LogP contribution in [0, 0.1) is 11.6 Å². The highest BCUT2D eigenvalue weighted by molar-refractivity contribution is 6.08. The molecule has 8 heteroatoms. The van der Waals surface area contributed by atoms with Crippen molar-refractivity contribution in [1.29, 1.82) is 0 Å². The van der Waals surface area contributed by atoms with Crippen molar-refractivity contribution < 1.29 is 18.4 Å². The third-order valence-corrected chi connectivity index (χ3v) is 4.70. The molecule has 0 radical (unpaired) electrons. The fraction of sp³-hybridized carbons (Fsp3) is 0.227. The predicted molar refractivity (Wildman–Crippen MR) is 110 cm³/mol. The van der Waals surface area contributed by atoms with Crippen molar-refractivity contribution in [2.45, 2.75) is 13.8 Å². The number of hydrogen-bond donors (Lipinski definition) is 1. The lowest BCUT2D eigenvalue weighted by molar-refractivity contribution is 0.0773. The van der Waals surface area contributed by atoms with E-state index in [1.54, 1.807) is 36.2 Å². The minimum atomic E-state index is -0.804. The van der Waals surface area contributed by atoms with Gasteiger partial charge in [-0.05, 0) is 50.2 Å². The van der Waals surface area contributed by atoms with Gasteiger partial charge in [0.15, 0.2) is 0 Å². The van der Waals surface area contributed by atoms with Gasteiger partial charge in [-0.2, -0.15) is 5.10 Å². The Bertz CT molecular complexity index is 1070. The molecule has 2 amide bonds. The molecule has 30 heavy (non-hydrogen) atoms. The summed E-state index contributed by atoms with van der Waals surface area (Å²) in [6.07, 6.45) is 1.46. The lowest BCUT2D eigenvalue weighted by Crippen LogP contribution is -2.30. The van der Waals surface area contributed by atoms with Crippen molar-refractivity contribution in [2.24, 2.45) is 7.05 Å². The molecule has 0 saturated heterocycles. The second kappa shape index (κ2) is 8.86. The topological polar surface area (TPSA) is 67.2 Å². The molecule has 2 aromatic carbocycles. The molecule has 1 heterocycles. The molecular weight excluding hydrogens is 390 g/mol. The fourth-order valence-corrected chi connectivity index (χ4v) is 3.12. The van der Waals surface area contributed by atoms with Crippen LogP contribution < -0.4 is 5.32 Å². The smallest absolute Gasteiger partial charge is 0.259 e. The van der Waals surface area contributed by atoms with Crippen molar-refractivity contribution in [3.05, 3.63) is 71.4 Å². The monoisotopic (exact) mass is 412 g/mol. The number of carbonyl (C=O) groups excluding carboxylic acids is 2. The van der Waals surface area contributed by atoms with Crippen LogP contribution in [0.1, 0.15) is 34.6 Å². The van der Waals surface area contributed by atoms with Gasteiger partial charge in [0, 0.05) is 49.2 Å². The minimum Gasteiger partial charge on any atom is -0.339 e. The first-order valence-electron chi connectivity index (χ1n) is 9.53. The average Bonchev–Trinajstić information content (AvgIpc) is 3.11. The van der Waals surface area contributed by atoms with Gasteiger partial charge in [-0.25, -0.2) is 8.78 Å². The number of aromatic nitrogens is 2. The Morgan fingerprint density at radius 1 is 1.07 bits per heavy atom. The number of nitrogens with zero attached hydrogens (tertiary/aromatic N) is 3. The maximum absolute atomic E-state index is 14.2. The first-order chi connectivity index (χ1) is 14.3. The molecule has 0 aliphatic carbocycles. The predicted octanol–water partition coefficient (Wildman–Crippen LogP) is 4.10. The number of nitrogens with one attached hydrogen (secondary N) is 1. The molecule has 0 spiro atoms. The number of hydrogen-bond acceptors (Lipinski definition) is 3. The van der Waals surface area contributed by atoms with E-state index in [1.165, 1.54) is 16.9 Å². The molecule has 0 saturated carbocycles. The van der Waals surface area contributed by atoms with Crippen LogP contribution in [-0.2, 0) is 7.05 Å². The lowest BCUT2D eigenvalue weighted by atomic mass is 10.1. The van der Waals surface area contributed by atoms with Crippen molar-refractivity contribution >= 4 is 17.5 Å². The summed E-state index contributed by atoms with van der Waals surface area (Å²) >= 11 is 0. The van der Waals surface area contributed by atoms with Crippen LogP contribution in [0.3, 0.4) is 0 Å². The maximum Gasteiger partial charge on any atom is 0.259 e. The van der Waals surface area contributed by atoms with Crippen LogP contribution >= 0.6 is 0 Å². The standard InChI is InChI=1S/C22H22F2N4O2/c1-4-28(5-2)22(30)14-6-9-16(10-7-14)25-21(29)18-13-27(3)26-20(18)17-11-8-15(23)12-19(17)24/h6-13H,4-5H2,1-3H3,(H,25,29). The van der Waals surface area contributed by atoms with Crippen LogP contribution in [0.25, 0.3) is 11.3 Å². The minimum absolute atomic E-state index is 0.0299. The van der Waals surface area contributed by atoms with E-state index in [0.717, 1.165) is 12.1 Å². The Morgan fingerprint density at radius 2 is 1.73 bits per heavy atom. The number of aryl methyl sites for hydroxylation is 1. The van der Waals surface area contributed by atoms with E-state index in [9.17, 15) is 18.4 Å². The van der Waals surface area contributed by atoms with E-state index >= 15 is 0 Å². The van der Waals surface area contributed by atoms with Crippen LogP contribution in [0.5, 0.6) is 0 Å². The van der Waals surface area contributed by atoms with Gasteiger partial charge in [-0.1, -0.05) is 0 Å². The van der Waals surface area contributed by atoms with Crippen molar-refractivity contribution in [1.82, 2.24) is 14.7 Å². The number of carbonyl (C=O) groups is 2. The van der Waals surface area contributed by atoms with Gasteiger partial charge in [-0.3, -0.25) is 14.3 Å². The molecular formula is C22H22F2N4O2. The SMILES string of the molecule is CCN(CC)C(=O)c1ccc(NC(=O)c2cn(C)nc2-c2ccc(F)cc2F)cc1. The normalized spacial score (nSPS) is 10.7. The largest absolute Gasteiger partial charge is 0.339 e. The second-order valence-electron chi connectivity index (χ2n) is 6.70. The quantitative estimate of drug-likeness (QED) is 0.663. The highest BCUT2D eigenvalue weighted by atomic mass is 19.1. The number of halogens is 2. The van der Waals surface area contributed by atoms with Crippen LogP contribution in [0.2, 0.25) is 0 Å². The third kappa shape index (κ3) is 4.37. The number of anilines is 1. The van der Waals surface area contributed by atoms with Crippen LogP contribution in [-0.4, -0.2) is 39.6 Å². The fourth-order valence-electron chi connectivity index (χ4n) is 3.12. The zero-order valence-electron chi connectivity index (χ0n) is 16.9. The summed E-state index contributed by atoms with van der Waals surface area (Å²) in [7, 11) is 1.61. The molecule has 6 nitrogen and oxygen atoms in total. The number of benzene rings is 2. The number of rotatable bonds is 6. The summed E-state index contributed by atoms with van der Waals surface area (Å²) in [6, 6.07) is 9.64. The van der Waals surface area contributed by atoms with Crippen molar-refractivity contribution in [3.8, 4) is 11.3 Å². The summed E-state index contributed by atoms with van der Waals surface area (Å²) in [5.74, 6) is -2.09. The highest BCUT2D eigenvalue weighted by Gasteiger charge is 2.20. The second-order valence-corrected chi connectivity index (χ2v) is 6.70. The first kappa shape index (κ1) is 21.2. The Morgan fingerprint density at radius 3 is 2.33 bits per heavy atom. The zero-order chi connectivity index (χ0) is 21.8. The van der Waals surface area contributed by atoms with Crippen LogP contribution in [0.4, 0.5) is 14.5 Å². The molecule has 1 N–H and O–H groups in total. The van der Waals surface area contributed by atoms with E-state index in [0.29, 0.717) is 24.3 Å². The average molecular weight is 412 g/mol. The molecule has 0 aliphatic heterocycles. The molecule has 0 unspecified atom stereocenters. The van der Waals surface area contributed by atoms with Crippen molar-refractivity contribution in [3.63, 3.8) is 0 Å². The van der Waals surface area contributed by atoms with E-state index in [1.807, 2.05) is 13.8 Å². The molecule has 0 atom stereocenters. The van der Waals surface area contributed by atoms with Gasteiger partial charge in [0.05, 0.1) is 5.56 Å². The van der Waals surface area contributed by atoms with Crippen molar-refractivity contribution in [2.75, 3.05) is 18.4 Å². The van der Waals surface area contributed by atoms with E-state index in [4.69, 9.17) is 0 Å². The number of amides is 2. The Hall–Kier alpha value is -3.55. The van der Waals surface area contributed by atoms with E-state index in [-0.39, 0.29) is 22.7 Å². The highest BCUT2D eigenvalue weighted by Crippen LogP contribution is 2.26. The molecule has 156 valence electrons. The Kier molecular flexibility index (Phi) is 6.25. The van der Waals surface area contributed by atoms with E-state index < -0.39 is 17.5 Å².